The van der Waals surface area contributed by atoms with E-state index in [1.165, 1.54) is 141 Å². The molecule has 0 saturated carbocycles. The van der Waals surface area contributed by atoms with Crippen molar-refractivity contribution >= 4 is 78.8 Å². The van der Waals surface area contributed by atoms with Gasteiger partial charge in [0.15, 0.2) is 0 Å². The first-order valence-corrected chi connectivity index (χ1v) is 22.9. The summed E-state index contributed by atoms with van der Waals surface area (Å²) in [6, 6.07) is 56.5. The van der Waals surface area contributed by atoms with Gasteiger partial charge < -0.3 is 14.3 Å². The maximum Gasteiger partial charge on any atom is 0.333 e. The maximum atomic E-state index is 2.75. The molecule has 5 heterocycles. The maximum absolute atomic E-state index is 2.75. The number of unbranched alkanes of at least 4 members (excludes halogenated alkanes) is 2. The molecule has 0 fully saturated rings. The highest BCUT2D eigenvalue weighted by Crippen LogP contribution is 2.58. The molecule has 0 radical (unpaired) electrons. The van der Waals surface area contributed by atoms with Gasteiger partial charge in [0.05, 0.1) is 28.1 Å². The first kappa shape index (κ1) is 36.2. The number of hydrogen-bond donors (Lipinski definition) is 0. The van der Waals surface area contributed by atoms with Crippen LogP contribution in [0.4, 0.5) is 28.4 Å². The van der Waals surface area contributed by atoms with Crippen LogP contribution in [-0.4, -0.2) is 11.4 Å². The fourth-order valence-electron chi connectivity index (χ4n) is 12.5. The van der Waals surface area contributed by atoms with Crippen molar-refractivity contribution in [2.45, 2.75) is 78.1 Å². The fraction of sp³-hybridized carbons (Fsp3) is 0.207. The Morgan fingerprint density at radius 3 is 2.03 bits per heavy atom. The van der Waals surface area contributed by atoms with Crippen LogP contribution in [0.25, 0.3) is 49.4 Å². The van der Waals surface area contributed by atoms with Crippen molar-refractivity contribution < 1.29 is 0 Å². The number of anilines is 5. The monoisotopic (exact) mass is 799 g/mol. The van der Waals surface area contributed by atoms with Crippen LogP contribution in [0.5, 0.6) is 0 Å². The Balaban J connectivity index is 1.26. The van der Waals surface area contributed by atoms with E-state index in [2.05, 4.69) is 201 Å². The Morgan fingerprint density at radius 2 is 1.27 bits per heavy atom. The second kappa shape index (κ2) is 12.5. The molecule has 0 saturated heterocycles. The molecular formula is C58H50BN3. The standard InChI is InChI=1S/C58H50BN3/c1-7-8-9-17-36-28-31-47-40(32-36)41-34-50(60-48-24-14-12-20-43(48)57(3,4)44-21-13-15-25-49(44)60)51-42-33-37-18-10-11-19-39(37)52-54(42)61-55-45(58(52,5)6)22-16-23-46(55)59(53(41)56(51)61)62(47)38-29-26-35(2)27-30-38/h10-16,18-34H,7-9,17H2,1-6H3. The molecule has 0 N–H and O–H groups in total. The van der Waals surface area contributed by atoms with Gasteiger partial charge in [0.1, 0.15) is 0 Å². The van der Waals surface area contributed by atoms with E-state index in [0.29, 0.717) is 0 Å². The molecule has 0 spiro atoms. The van der Waals surface area contributed by atoms with Gasteiger partial charge in [0, 0.05) is 44.2 Å². The zero-order chi connectivity index (χ0) is 41.8. The average molecular weight is 800 g/mol. The summed E-state index contributed by atoms with van der Waals surface area (Å²) >= 11 is 0. The van der Waals surface area contributed by atoms with Crippen molar-refractivity contribution in [3.8, 4) is 16.8 Å². The lowest BCUT2D eigenvalue weighted by Gasteiger charge is -2.46. The molecule has 0 unspecified atom stereocenters. The molecule has 0 aliphatic carbocycles. The van der Waals surface area contributed by atoms with Crippen molar-refractivity contribution in [3.05, 3.63) is 179 Å². The number of aryl methyl sites for hydroxylation is 2. The van der Waals surface area contributed by atoms with Crippen LogP contribution in [0.1, 0.15) is 87.3 Å². The molecule has 0 amide bonds. The summed E-state index contributed by atoms with van der Waals surface area (Å²) in [4.78, 5) is 5.33. The molecule has 1 aromatic heterocycles. The van der Waals surface area contributed by atoms with Crippen LogP contribution in [0.2, 0.25) is 0 Å². The van der Waals surface area contributed by atoms with Crippen LogP contribution in [0, 0.1) is 6.92 Å². The van der Waals surface area contributed by atoms with E-state index in [-0.39, 0.29) is 17.7 Å². The van der Waals surface area contributed by atoms with Gasteiger partial charge in [-0.3, -0.25) is 0 Å². The summed E-state index contributed by atoms with van der Waals surface area (Å²) in [5.74, 6) is 0. The van der Waals surface area contributed by atoms with Crippen LogP contribution >= 0.6 is 0 Å². The Labute approximate surface area is 365 Å². The van der Waals surface area contributed by atoms with Crippen LogP contribution in [0.15, 0.2) is 146 Å². The quantitative estimate of drug-likeness (QED) is 0.123. The van der Waals surface area contributed by atoms with Crippen molar-refractivity contribution in [1.29, 1.82) is 0 Å². The van der Waals surface area contributed by atoms with Crippen LogP contribution in [0.3, 0.4) is 0 Å². The third-order valence-corrected chi connectivity index (χ3v) is 15.3. The second-order valence-electron chi connectivity index (χ2n) is 19.6. The smallest absolute Gasteiger partial charge is 0.333 e. The predicted octanol–water partition coefficient (Wildman–Crippen LogP) is 14.0. The first-order valence-electron chi connectivity index (χ1n) is 22.9. The minimum Gasteiger partial charge on any atom is -0.376 e. The molecule has 62 heavy (non-hydrogen) atoms. The number of aromatic nitrogens is 1. The molecule has 3 nitrogen and oxygen atoms in total. The first-order chi connectivity index (χ1) is 30.2. The molecular weight excluding hydrogens is 749 g/mol. The normalized spacial score (nSPS) is 15.7. The zero-order valence-electron chi connectivity index (χ0n) is 36.6. The van der Waals surface area contributed by atoms with Crippen LogP contribution in [-0.2, 0) is 17.3 Å². The van der Waals surface area contributed by atoms with E-state index in [9.17, 15) is 0 Å². The van der Waals surface area contributed by atoms with E-state index in [1.54, 1.807) is 0 Å². The van der Waals surface area contributed by atoms with Crippen LogP contribution < -0.4 is 20.6 Å². The number of para-hydroxylation sites is 3. The molecule has 0 bridgehead atoms. The lowest BCUT2D eigenvalue weighted by Crippen LogP contribution is -2.61. The fourth-order valence-corrected chi connectivity index (χ4v) is 12.5. The molecule has 13 rings (SSSR count). The Morgan fingerprint density at radius 1 is 0.565 bits per heavy atom. The van der Waals surface area contributed by atoms with Gasteiger partial charge in [0.2, 0.25) is 0 Å². The Kier molecular flexibility index (Phi) is 7.32. The minimum absolute atomic E-state index is 0.0268. The highest BCUT2D eigenvalue weighted by molar-refractivity contribution is 6.94. The van der Waals surface area contributed by atoms with E-state index < -0.39 is 0 Å². The summed E-state index contributed by atoms with van der Waals surface area (Å²) in [6.07, 6.45) is 4.74. The third-order valence-electron chi connectivity index (χ3n) is 15.3. The third kappa shape index (κ3) is 4.52. The summed E-state index contributed by atoms with van der Waals surface area (Å²) in [6.45, 7) is 14.2. The molecule has 9 aromatic rings. The average Bonchev–Trinajstić information content (AvgIpc) is 3.63. The molecule has 300 valence electrons. The van der Waals surface area contributed by atoms with E-state index in [0.717, 1.165) is 6.42 Å². The summed E-state index contributed by atoms with van der Waals surface area (Å²) in [5.41, 5.74) is 23.6. The van der Waals surface area contributed by atoms with Crippen molar-refractivity contribution in [2.75, 3.05) is 9.71 Å². The lowest BCUT2D eigenvalue weighted by atomic mass is 9.43. The highest BCUT2D eigenvalue weighted by atomic mass is 15.2. The SMILES string of the molecule is CCCCCc1ccc2c(c1)-c1cc(N3c4ccccc4C(C)(C)c4ccccc43)c3c4cc5ccccc5c5c4n4c3c1B(c1cccc(c1-4)C5(C)C)N2c1ccc(C)cc1. The van der Waals surface area contributed by atoms with Gasteiger partial charge in [0.25, 0.3) is 0 Å². The summed E-state index contributed by atoms with van der Waals surface area (Å²) in [5, 5.41) is 5.31. The van der Waals surface area contributed by atoms with Gasteiger partial charge >= 0.3 is 6.85 Å². The van der Waals surface area contributed by atoms with Crippen molar-refractivity contribution in [1.82, 2.24) is 4.57 Å². The van der Waals surface area contributed by atoms with E-state index in [1.807, 2.05) is 0 Å². The van der Waals surface area contributed by atoms with Gasteiger partial charge in [-0.05, 0) is 123 Å². The number of rotatable bonds is 6. The van der Waals surface area contributed by atoms with E-state index >= 15 is 0 Å². The minimum atomic E-state index is -0.252. The van der Waals surface area contributed by atoms with Crippen molar-refractivity contribution in [2.24, 2.45) is 0 Å². The number of nitrogens with zero attached hydrogens (tertiary/aromatic N) is 3. The molecule has 8 aromatic carbocycles. The number of fused-ring (bicyclic) bond motifs is 8. The summed E-state index contributed by atoms with van der Waals surface area (Å²) in [7, 11) is 0. The molecule has 4 heteroatoms. The van der Waals surface area contributed by atoms with E-state index in [4.69, 9.17) is 0 Å². The van der Waals surface area contributed by atoms with Gasteiger partial charge in [-0.2, -0.15) is 0 Å². The predicted molar refractivity (Wildman–Crippen MR) is 264 cm³/mol. The van der Waals surface area contributed by atoms with Gasteiger partial charge in [-0.1, -0.05) is 150 Å². The Bertz CT molecular complexity index is 3350. The molecule has 4 aliphatic rings. The number of benzene rings is 8. The van der Waals surface area contributed by atoms with Gasteiger partial charge in [-0.15, -0.1) is 0 Å². The molecule has 0 atom stereocenters. The zero-order valence-corrected chi connectivity index (χ0v) is 36.6. The Hall–Kier alpha value is -6.52. The molecule has 4 aliphatic heterocycles. The van der Waals surface area contributed by atoms with Gasteiger partial charge in [-0.25, -0.2) is 0 Å². The topological polar surface area (TPSA) is 11.4 Å². The highest BCUT2D eigenvalue weighted by Gasteiger charge is 2.49. The lowest BCUT2D eigenvalue weighted by molar-refractivity contribution is 0.632. The summed E-state index contributed by atoms with van der Waals surface area (Å²) < 4.78 is 2.75. The largest absolute Gasteiger partial charge is 0.376 e. The van der Waals surface area contributed by atoms with Crippen molar-refractivity contribution in [3.63, 3.8) is 0 Å². The second-order valence-corrected chi connectivity index (χ2v) is 19.6. The number of hydrogen-bond acceptors (Lipinski definition) is 2.